The highest BCUT2D eigenvalue weighted by Crippen LogP contribution is 2.42. The van der Waals surface area contributed by atoms with Gasteiger partial charge in [-0.05, 0) is 24.3 Å². The molecule has 2 aromatic carbocycles. The Morgan fingerprint density at radius 3 is 2.38 bits per heavy atom. The van der Waals surface area contributed by atoms with Crippen LogP contribution >= 0.6 is 19.2 Å². The molecule has 138 valence electrons. The zero-order valence-electron chi connectivity index (χ0n) is 13.5. The predicted molar refractivity (Wildman–Crippen MR) is 98.3 cm³/mol. The number of aromatic nitrogens is 1. The summed E-state index contributed by atoms with van der Waals surface area (Å²) in [5.41, 5.74) is 0.181. The first-order valence-electron chi connectivity index (χ1n) is 7.36. The summed E-state index contributed by atoms with van der Waals surface area (Å²) in [6.45, 7) is 0. The van der Waals surface area contributed by atoms with Gasteiger partial charge in [0.2, 0.25) is 0 Å². The van der Waals surface area contributed by atoms with Gasteiger partial charge in [0.15, 0.2) is 0 Å². The van der Waals surface area contributed by atoms with Gasteiger partial charge in [0.25, 0.3) is 10.0 Å². The first kappa shape index (κ1) is 18.9. The third-order valence-corrected chi connectivity index (χ3v) is 6.56. The van der Waals surface area contributed by atoms with Crippen molar-refractivity contribution >= 4 is 40.1 Å². The molecule has 0 aliphatic rings. The molecule has 0 radical (unpaired) electrons. The molecule has 3 aromatic rings. The van der Waals surface area contributed by atoms with E-state index in [1.54, 1.807) is 18.2 Å². The molecule has 0 spiro atoms. The summed E-state index contributed by atoms with van der Waals surface area (Å²) >= 11 is 6.09. The van der Waals surface area contributed by atoms with Crippen LogP contribution in [0.3, 0.4) is 0 Å². The van der Waals surface area contributed by atoms with E-state index in [2.05, 4.69) is 0 Å². The van der Waals surface area contributed by atoms with Gasteiger partial charge in [-0.25, -0.2) is 12.4 Å². The normalized spacial score (nSPS) is 12.5. The lowest BCUT2D eigenvalue weighted by Crippen LogP contribution is -2.15. The molecule has 0 aliphatic carbocycles. The minimum absolute atomic E-state index is 0.00150. The number of methoxy groups -OCH3 is 1. The smallest absolute Gasteiger partial charge is 0.331 e. The maximum atomic E-state index is 13.1. The van der Waals surface area contributed by atoms with Gasteiger partial charge in [0, 0.05) is 17.1 Å². The molecule has 0 aliphatic heterocycles. The Labute approximate surface area is 155 Å². The van der Waals surface area contributed by atoms with Crippen LogP contribution < -0.4 is 4.74 Å². The average Bonchev–Trinajstić information content (AvgIpc) is 2.90. The van der Waals surface area contributed by atoms with E-state index in [9.17, 15) is 22.8 Å². The van der Waals surface area contributed by atoms with Crippen molar-refractivity contribution in [2.75, 3.05) is 7.11 Å². The fraction of sp³-hybridized carbons (Fsp3) is 0.125. The minimum Gasteiger partial charge on any atom is -0.495 e. The monoisotopic (exact) mass is 415 g/mol. The Hall–Kier alpha value is -1.83. The Morgan fingerprint density at radius 2 is 1.81 bits per heavy atom. The summed E-state index contributed by atoms with van der Waals surface area (Å²) in [6.07, 6.45) is -0.728. The van der Waals surface area contributed by atoms with E-state index in [0.29, 0.717) is 5.39 Å². The molecule has 1 aromatic heterocycles. The van der Waals surface area contributed by atoms with E-state index in [0.717, 1.165) is 3.97 Å². The molecule has 3 rings (SSSR count). The molecule has 0 bridgehead atoms. The van der Waals surface area contributed by atoms with Gasteiger partial charge in [0.1, 0.15) is 5.75 Å². The van der Waals surface area contributed by atoms with Crippen molar-refractivity contribution in [1.29, 1.82) is 0 Å². The maximum absolute atomic E-state index is 13.1. The first-order valence-corrected chi connectivity index (χ1v) is 11.0. The third-order valence-electron chi connectivity index (χ3n) is 3.75. The van der Waals surface area contributed by atoms with Crippen LogP contribution in [0.15, 0.2) is 53.4 Å². The minimum atomic E-state index is -4.51. The van der Waals surface area contributed by atoms with Crippen LogP contribution in [-0.2, 0) is 20.8 Å². The van der Waals surface area contributed by atoms with Crippen molar-refractivity contribution < 1.29 is 27.5 Å². The fourth-order valence-corrected chi connectivity index (χ4v) is 5.26. The van der Waals surface area contributed by atoms with Crippen LogP contribution in [0.2, 0.25) is 5.02 Å². The van der Waals surface area contributed by atoms with E-state index in [4.69, 9.17) is 16.3 Å². The van der Waals surface area contributed by atoms with Crippen LogP contribution in [-0.4, -0.2) is 29.3 Å². The van der Waals surface area contributed by atoms with Gasteiger partial charge in [-0.3, -0.25) is 4.57 Å². The highest BCUT2D eigenvalue weighted by Gasteiger charge is 2.27. The molecule has 1 heterocycles. The van der Waals surface area contributed by atoms with Crippen molar-refractivity contribution in [1.82, 2.24) is 3.97 Å². The standard InChI is InChI=1S/C16H15ClNO6PS/c1-24-16-9-15-11(8-14(16)17)7-12(10-25(19,20)21)18(15)26(22,23)13-5-3-2-4-6-13/h2-9H,10H2,1H3,(H2,19,20,21). The molecule has 10 heteroatoms. The molecular weight excluding hydrogens is 401 g/mol. The van der Waals surface area contributed by atoms with E-state index < -0.39 is 23.8 Å². The largest absolute Gasteiger partial charge is 0.495 e. The van der Waals surface area contributed by atoms with E-state index in [1.807, 2.05) is 0 Å². The number of benzene rings is 2. The lowest BCUT2D eigenvalue weighted by molar-refractivity contribution is 0.371. The number of ether oxygens (including phenoxy) is 1. The molecule has 7 nitrogen and oxygen atoms in total. The van der Waals surface area contributed by atoms with Gasteiger partial charge in [-0.2, -0.15) is 0 Å². The average molecular weight is 416 g/mol. The molecule has 2 N–H and O–H groups in total. The van der Waals surface area contributed by atoms with Crippen LogP contribution in [0.4, 0.5) is 0 Å². The topological polar surface area (TPSA) is 106 Å². The van der Waals surface area contributed by atoms with Gasteiger partial charge >= 0.3 is 7.60 Å². The molecule has 0 atom stereocenters. The number of fused-ring (bicyclic) bond motifs is 1. The highest BCUT2D eigenvalue weighted by molar-refractivity contribution is 7.90. The van der Waals surface area contributed by atoms with E-state index >= 15 is 0 Å². The summed E-state index contributed by atoms with van der Waals surface area (Å²) in [5.74, 6) is 0.254. The van der Waals surface area contributed by atoms with E-state index in [-0.39, 0.29) is 26.9 Å². The van der Waals surface area contributed by atoms with Crippen LogP contribution in [0.5, 0.6) is 5.75 Å². The van der Waals surface area contributed by atoms with E-state index in [1.165, 1.54) is 37.4 Å². The van der Waals surface area contributed by atoms with Crippen molar-refractivity contribution in [2.24, 2.45) is 0 Å². The van der Waals surface area contributed by atoms with Crippen molar-refractivity contribution in [2.45, 2.75) is 11.1 Å². The van der Waals surface area contributed by atoms with Crippen LogP contribution in [0.25, 0.3) is 10.9 Å². The second kappa shape index (κ2) is 6.72. The Morgan fingerprint density at radius 1 is 1.15 bits per heavy atom. The van der Waals surface area contributed by atoms with Crippen LogP contribution in [0.1, 0.15) is 5.69 Å². The van der Waals surface area contributed by atoms with Crippen molar-refractivity contribution in [3.63, 3.8) is 0 Å². The summed E-state index contributed by atoms with van der Waals surface area (Å²) in [7, 11) is -7.21. The van der Waals surface area contributed by atoms with Gasteiger partial charge in [0.05, 0.1) is 28.7 Å². The molecule has 0 unspecified atom stereocenters. The Bertz CT molecular complexity index is 1120. The summed E-state index contributed by atoms with van der Waals surface area (Å²) in [4.78, 5) is 18.7. The summed E-state index contributed by atoms with van der Waals surface area (Å²) in [5, 5.41) is 0.691. The zero-order valence-corrected chi connectivity index (χ0v) is 16.0. The molecule has 0 amide bonds. The highest BCUT2D eigenvalue weighted by atomic mass is 35.5. The number of nitrogens with zero attached hydrogens (tertiary/aromatic N) is 1. The number of hydrogen-bond donors (Lipinski definition) is 2. The second-order valence-electron chi connectivity index (χ2n) is 5.59. The fourth-order valence-electron chi connectivity index (χ4n) is 2.70. The zero-order chi connectivity index (χ0) is 19.1. The lowest BCUT2D eigenvalue weighted by atomic mass is 10.2. The predicted octanol–water partition coefficient (Wildman–Crippen LogP) is 3.22. The van der Waals surface area contributed by atoms with Gasteiger partial charge in [-0.1, -0.05) is 29.8 Å². The SMILES string of the molecule is COc1cc2c(cc1Cl)cc(CP(=O)(O)O)n2S(=O)(=O)c1ccccc1. The quantitative estimate of drug-likeness (QED) is 0.620. The first-order chi connectivity index (χ1) is 12.1. The Kier molecular flexibility index (Phi) is 4.90. The number of rotatable bonds is 5. The molecule has 0 saturated heterocycles. The van der Waals surface area contributed by atoms with Gasteiger partial charge < -0.3 is 14.5 Å². The van der Waals surface area contributed by atoms with Crippen LogP contribution in [0, 0.1) is 0 Å². The van der Waals surface area contributed by atoms with Crippen molar-refractivity contribution in [3.05, 3.63) is 59.2 Å². The molecule has 0 saturated carbocycles. The molecule has 0 fully saturated rings. The number of hydrogen-bond acceptors (Lipinski definition) is 4. The second-order valence-corrected chi connectivity index (χ2v) is 9.43. The maximum Gasteiger partial charge on any atom is 0.331 e. The third kappa shape index (κ3) is 3.51. The summed E-state index contributed by atoms with van der Waals surface area (Å²) < 4.78 is 43.9. The number of halogens is 1. The lowest BCUT2D eigenvalue weighted by Gasteiger charge is -2.13. The molecule has 26 heavy (non-hydrogen) atoms. The molecular formula is C16H15ClNO6PS. The van der Waals surface area contributed by atoms with Gasteiger partial charge in [-0.15, -0.1) is 0 Å². The summed E-state index contributed by atoms with van der Waals surface area (Å²) in [6, 6.07) is 12.0. The Balaban J connectivity index is 2.37. The van der Waals surface area contributed by atoms with Crippen molar-refractivity contribution in [3.8, 4) is 5.75 Å².